The van der Waals surface area contributed by atoms with Crippen molar-refractivity contribution in [1.82, 2.24) is 19.7 Å². The molecule has 0 radical (unpaired) electrons. The fourth-order valence-electron chi connectivity index (χ4n) is 2.11. The molecule has 3 aromatic rings. The number of nitrogens with one attached hydrogen (secondary N) is 1. The first-order chi connectivity index (χ1) is 11.4. The number of aryl methyl sites for hydroxylation is 1. The lowest BCUT2D eigenvalue weighted by Crippen LogP contribution is -2.04. The highest BCUT2D eigenvalue weighted by Gasteiger charge is 2.14. The molecule has 0 atom stereocenters. The van der Waals surface area contributed by atoms with Crippen molar-refractivity contribution in [2.24, 2.45) is 7.05 Å². The highest BCUT2D eigenvalue weighted by molar-refractivity contribution is 5.87. The van der Waals surface area contributed by atoms with Crippen molar-refractivity contribution < 1.29 is 18.7 Å². The van der Waals surface area contributed by atoms with Crippen LogP contribution in [0.3, 0.4) is 0 Å². The monoisotopic (exact) mass is 331 g/mol. The summed E-state index contributed by atoms with van der Waals surface area (Å²) in [6, 6.07) is 5.87. The van der Waals surface area contributed by atoms with Crippen LogP contribution in [0.4, 0.5) is 20.4 Å². The van der Waals surface area contributed by atoms with E-state index in [1.807, 2.05) is 0 Å². The van der Waals surface area contributed by atoms with Crippen LogP contribution < -0.4 is 5.32 Å². The zero-order valence-electron chi connectivity index (χ0n) is 12.4. The molecule has 24 heavy (non-hydrogen) atoms. The Morgan fingerprint density at radius 1 is 1.17 bits per heavy atom. The maximum Gasteiger partial charge on any atom is 0.354 e. The van der Waals surface area contributed by atoms with Gasteiger partial charge in [-0.3, -0.25) is 4.68 Å². The van der Waals surface area contributed by atoms with Gasteiger partial charge in [0.05, 0.1) is 5.69 Å². The Kier molecular flexibility index (Phi) is 3.90. The van der Waals surface area contributed by atoms with Gasteiger partial charge in [0.15, 0.2) is 0 Å². The van der Waals surface area contributed by atoms with E-state index < -0.39 is 17.6 Å². The minimum atomic E-state index is -1.11. The summed E-state index contributed by atoms with van der Waals surface area (Å²) in [6.45, 7) is 0. The summed E-state index contributed by atoms with van der Waals surface area (Å²) >= 11 is 0. The van der Waals surface area contributed by atoms with Crippen LogP contribution in [0, 0.1) is 11.6 Å². The number of hydrogen-bond acceptors (Lipinski definition) is 5. The third-order valence-electron chi connectivity index (χ3n) is 3.14. The quantitative estimate of drug-likeness (QED) is 0.763. The number of hydrogen-bond donors (Lipinski definition) is 2. The third kappa shape index (κ3) is 3.19. The largest absolute Gasteiger partial charge is 0.477 e. The lowest BCUT2D eigenvalue weighted by Gasteiger charge is -2.06. The highest BCUT2D eigenvalue weighted by Crippen LogP contribution is 2.20. The SMILES string of the molecule is Cn1nc(-c2ccnc(Nc3cc(F)cc(F)c3)n2)cc1C(=O)O. The van der Waals surface area contributed by atoms with Gasteiger partial charge in [0.25, 0.3) is 0 Å². The molecule has 2 N–H and O–H groups in total. The van der Waals surface area contributed by atoms with E-state index in [2.05, 4.69) is 20.4 Å². The molecule has 0 amide bonds. The molecule has 3 rings (SSSR count). The maximum atomic E-state index is 13.2. The minimum absolute atomic E-state index is 0.00493. The van der Waals surface area contributed by atoms with Gasteiger partial charge >= 0.3 is 5.97 Å². The second-order valence-corrected chi connectivity index (χ2v) is 4.89. The fraction of sp³-hybridized carbons (Fsp3) is 0.0667. The second kappa shape index (κ2) is 6.03. The van der Waals surface area contributed by atoms with E-state index in [-0.39, 0.29) is 17.3 Å². The third-order valence-corrected chi connectivity index (χ3v) is 3.14. The van der Waals surface area contributed by atoms with Crippen LogP contribution in [0.25, 0.3) is 11.4 Å². The number of nitrogens with zero attached hydrogens (tertiary/aromatic N) is 4. The number of carboxylic acid groups (broad SMARTS) is 1. The predicted molar refractivity (Wildman–Crippen MR) is 80.8 cm³/mol. The van der Waals surface area contributed by atoms with Crippen molar-refractivity contribution >= 4 is 17.6 Å². The van der Waals surface area contributed by atoms with Crippen LogP contribution in [0.2, 0.25) is 0 Å². The number of halogens is 2. The molecule has 2 heterocycles. The Hall–Kier alpha value is -3.36. The summed E-state index contributed by atoms with van der Waals surface area (Å²) in [6.07, 6.45) is 1.43. The molecule has 1 aromatic carbocycles. The van der Waals surface area contributed by atoms with Gasteiger partial charge in [0.1, 0.15) is 23.0 Å². The Morgan fingerprint density at radius 3 is 2.50 bits per heavy atom. The number of carboxylic acids is 1. The summed E-state index contributed by atoms with van der Waals surface area (Å²) in [4.78, 5) is 19.2. The van der Waals surface area contributed by atoms with Crippen molar-refractivity contribution in [3.63, 3.8) is 0 Å². The summed E-state index contributed by atoms with van der Waals surface area (Å²) in [5.74, 6) is -2.48. The van der Waals surface area contributed by atoms with Crippen molar-refractivity contribution in [2.45, 2.75) is 0 Å². The van der Waals surface area contributed by atoms with Crippen LogP contribution in [-0.4, -0.2) is 30.8 Å². The van der Waals surface area contributed by atoms with Gasteiger partial charge in [-0.2, -0.15) is 5.10 Å². The molecule has 0 bridgehead atoms. The van der Waals surface area contributed by atoms with E-state index in [4.69, 9.17) is 5.11 Å². The average molecular weight is 331 g/mol. The topological polar surface area (TPSA) is 92.9 Å². The van der Waals surface area contributed by atoms with Crippen molar-refractivity contribution in [3.8, 4) is 11.4 Å². The number of aromatic carboxylic acids is 1. The molecule has 2 aromatic heterocycles. The number of anilines is 2. The summed E-state index contributed by atoms with van der Waals surface area (Å²) in [5, 5.41) is 15.8. The van der Waals surface area contributed by atoms with Crippen molar-refractivity contribution in [3.05, 3.63) is 53.9 Å². The molecular formula is C15H11F2N5O2. The molecule has 0 spiro atoms. The average Bonchev–Trinajstić information content (AvgIpc) is 2.89. The summed E-state index contributed by atoms with van der Waals surface area (Å²) < 4.78 is 27.6. The number of benzene rings is 1. The summed E-state index contributed by atoms with van der Waals surface area (Å²) in [7, 11) is 1.50. The smallest absolute Gasteiger partial charge is 0.354 e. The molecule has 0 aliphatic carbocycles. The van der Waals surface area contributed by atoms with Gasteiger partial charge in [-0.25, -0.2) is 23.5 Å². The Morgan fingerprint density at radius 2 is 1.88 bits per heavy atom. The van der Waals surface area contributed by atoms with Crippen LogP contribution in [0.5, 0.6) is 0 Å². The number of rotatable bonds is 4. The van der Waals surface area contributed by atoms with E-state index in [9.17, 15) is 13.6 Å². The molecule has 0 fully saturated rings. The van der Waals surface area contributed by atoms with Crippen LogP contribution in [0.1, 0.15) is 10.5 Å². The predicted octanol–water partition coefficient (Wildman–Crippen LogP) is 2.60. The first-order valence-corrected chi connectivity index (χ1v) is 6.76. The molecule has 0 aliphatic heterocycles. The van der Waals surface area contributed by atoms with Crippen LogP contribution >= 0.6 is 0 Å². The molecule has 9 heteroatoms. The van der Waals surface area contributed by atoms with Gasteiger partial charge in [-0.1, -0.05) is 0 Å². The molecule has 0 aliphatic rings. The highest BCUT2D eigenvalue weighted by atomic mass is 19.1. The molecular weight excluding hydrogens is 320 g/mol. The first-order valence-electron chi connectivity index (χ1n) is 6.76. The van der Waals surface area contributed by atoms with Crippen LogP contribution in [0.15, 0.2) is 36.5 Å². The van der Waals surface area contributed by atoms with Gasteiger partial charge in [-0.15, -0.1) is 0 Å². The lowest BCUT2D eigenvalue weighted by molar-refractivity contribution is 0.0685. The van der Waals surface area contributed by atoms with E-state index >= 15 is 0 Å². The van der Waals surface area contributed by atoms with E-state index in [1.165, 1.54) is 24.0 Å². The van der Waals surface area contributed by atoms with Gasteiger partial charge in [-0.05, 0) is 18.2 Å². The van der Waals surface area contributed by atoms with Gasteiger partial charge in [0, 0.05) is 31.1 Å². The minimum Gasteiger partial charge on any atom is -0.477 e. The van der Waals surface area contributed by atoms with Crippen molar-refractivity contribution in [2.75, 3.05) is 5.32 Å². The molecule has 122 valence electrons. The Labute approximate surface area is 134 Å². The van der Waals surface area contributed by atoms with Crippen molar-refractivity contribution in [1.29, 1.82) is 0 Å². The van der Waals surface area contributed by atoms with Crippen LogP contribution in [-0.2, 0) is 7.05 Å². The zero-order chi connectivity index (χ0) is 17.3. The molecule has 0 saturated carbocycles. The Balaban J connectivity index is 1.91. The number of aromatic nitrogens is 4. The second-order valence-electron chi connectivity index (χ2n) is 4.89. The Bertz CT molecular complexity index is 906. The van der Waals surface area contributed by atoms with Gasteiger partial charge < -0.3 is 10.4 Å². The molecule has 0 saturated heterocycles. The van der Waals surface area contributed by atoms with E-state index in [0.29, 0.717) is 11.4 Å². The van der Waals surface area contributed by atoms with E-state index in [0.717, 1.165) is 18.2 Å². The van der Waals surface area contributed by atoms with Gasteiger partial charge in [0.2, 0.25) is 5.95 Å². The number of carbonyl (C=O) groups is 1. The summed E-state index contributed by atoms with van der Waals surface area (Å²) in [5.41, 5.74) is 0.862. The standard InChI is InChI=1S/C15H11F2N5O2/c1-22-13(14(23)24)7-12(21-22)11-2-3-18-15(20-11)19-10-5-8(16)4-9(17)6-10/h2-7H,1H3,(H,23,24)(H,18,19,20). The zero-order valence-corrected chi connectivity index (χ0v) is 12.4. The lowest BCUT2D eigenvalue weighted by atomic mass is 10.2. The normalized spacial score (nSPS) is 10.6. The molecule has 7 nitrogen and oxygen atoms in total. The van der Waals surface area contributed by atoms with E-state index in [1.54, 1.807) is 6.07 Å². The maximum absolute atomic E-state index is 13.2. The molecule has 0 unspecified atom stereocenters. The fourth-order valence-corrected chi connectivity index (χ4v) is 2.11. The first kappa shape index (κ1) is 15.5.